The quantitative estimate of drug-likeness (QED) is 0.353. The zero-order valence-electron chi connectivity index (χ0n) is 11.1. The van der Waals surface area contributed by atoms with Crippen LogP contribution in [0.3, 0.4) is 0 Å². The molecule has 17 heavy (non-hydrogen) atoms. The predicted octanol–water partition coefficient (Wildman–Crippen LogP) is 3.04. The van der Waals surface area contributed by atoms with Crippen molar-refractivity contribution in [3.05, 3.63) is 35.5 Å². The highest BCUT2D eigenvalue weighted by atomic mass is 16.3. The summed E-state index contributed by atoms with van der Waals surface area (Å²) in [5.41, 5.74) is 2.20. The molecule has 0 aromatic heterocycles. The summed E-state index contributed by atoms with van der Waals surface area (Å²) in [5, 5.41) is 9.74. The van der Waals surface area contributed by atoms with E-state index in [1.165, 1.54) is 5.57 Å². The molecule has 2 atom stereocenters. The van der Waals surface area contributed by atoms with Gasteiger partial charge in [0.15, 0.2) is 0 Å². The molecule has 0 heterocycles. The van der Waals surface area contributed by atoms with Gasteiger partial charge in [-0.3, -0.25) is 4.79 Å². The van der Waals surface area contributed by atoms with Crippen LogP contribution >= 0.6 is 0 Å². The van der Waals surface area contributed by atoms with E-state index in [-0.39, 0.29) is 11.5 Å². The maximum Gasteiger partial charge on any atom is 0.143 e. The van der Waals surface area contributed by atoms with E-state index in [9.17, 15) is 9.90 Å². The number of hydrogen-bond donors (Lipinski definition) is 1. The smallest absolute Gasteiger partial charge is 0.143 e. The molecule has 0 spiro atoms. The van der Waals surface area contributed by atoms with Gasteiger partial charge in [-0.25, -0.2) is 0 Å². The first-order valence-corrected chi connectivity index (χ1v) is 6.03. The van der Waals surface area contributed by atoms with E-state index in [2.05, 4.69) is 26.8 Å². The molecule has 0 bridgehead atoms. The first-order valence-electron chi connectivity index (χ1n) is 6.03. The lowest BCUT2D eigenvalue weighted by molar-refractivity contribution is -0.104. The average Bonchev–Trinajstić information content (AvgIpc) is 2.14. The fourth-order valence-corrected chi connectivity index (χ4v) is 2.57. The van der Waals surface area contributed by atoms with Crippen molar-refractivity contribution in [2.45, 2.75) is 40.2 Å². The number of aliphatic hydroxyl groups excluding tert-OH is 1. The highest BCUT2D eigenvalue weighted by Gasteiger charge is 2.34. The molecule has 0 radical (unpaired) electrons. The molecule has 0 amide bonds. The van der Waals surface area contributed by atoms with Gasteiger partial charge in [0.2, 0.25) is 0 Å². The number of hydrogen-bond acceptors (Lipinski definition) is 2. The zero-order valence-corrected chi connectivity index (χ0v) is 11.1. The Morgan fingerprint density at radius 2 is 2.18 bits per heavy atom. The number of rotatable bonds is 3. The van der Waals surface area contributed by atoms with Crippen LogP contribution in [-0.2, 0) is 4.79 Å². The van der Waals surface area contributed by atoms with Crippen LogP contribution in [0.25, 0.3) is 0 Å². The molecular formula is C15H22O2. The molecule has 0 aromatic carbocycles. The van der Waals surface area contributed by atoms with Crippen molar-refractivity contribution in [1.29, 1.82) is 0 Å². The number of carbonyl (C=O) groups is 1. The highest BCUT2D eigenvalue weighted by molar-refractivity contribution is 5.66. The molecule has 2 heteroatoms. The van der Waals surface area contributed by atoms with Crippen LogP contribution in [0.5, 0.6) is 0 Å². The Balaban J connectivity index is 2.92. The maximum atomic E-state index is 10.3. The fraction of sp³-hybridized carbons (Fsp3) is 0.533. The largest absolute Gasteiger partial charge is 0.389 e. The Hall–Kier alpha value is -1.15. The second kappa shape index (κ2) is 5.46. The lowest BCUT2D eigenvalue weighted by Gasteiger charge is -2.38. The van der Waals surface area contributed by atoms with Crippen LogP contribution < -0.4 is 0 Å². The number of carbonyl (C=O) groups excluding carboxylic acids is 1. The van der Waals surface area contributed by atoms with E-state index in [0.717, 1.165) is 18.3 Å². The van der Waals surface area contributed by atoms with E-state index in [4.69, 9.17) is 0 Å². The third-order valence-electron chi connectivity index (χ3n) is 3.41. The van der Waals surface area contributed by atoms with Crippen LogP contribution in [0.2, 0.25) is 0 Å². The van der Waals surface area contributed by atoms with Crippen molar-refractivity contribution >= 4 is 6.29 Å². The minimum Gasteiger partial charge on any atom is -0.389 e. The van der Waals surface area contributed by atoms with Gasteiger partial charge in [-0.1, -0.05) is 37.6 Å². The first kappa shape index (κ1) is 13.9. The van der Waals surface area contributed by atoms with Crippen molar-refractivity contribution < 1.29 is 9.90 Å². The lowest BCUT2D eigenvalue weighted by Crippen LogP contribution is -2.32. The predicted molar refractivity (Wildman–Crippen MR) is 70.6 cm³/mol. The molecule has 0 fully saturated rings. The van der Waals surface area contributed by atoms with Crippen LogP contribution in [0.1, 0.15) is 34.1 Å². The summed E-state index contributed by atoms with van der Waals surface area (Å²) in [6.45, 7) is 8.30. The van der Waals surface area contributed by atoms with Gasteiger partial charge in [-0.15, -0.1) is 0 Å². The van der Waals surface area contributed by atoms with Crippen LogP contribution in [-0.4, -0.2) is 17.5 Å². The van der Waals surface area contributed by atoms with Crippen molar-refractivity contribution in [3.63, 3.8) is 0 Å². The molecule has 1 aliphatic rings. The van der Waals surface area contributed by atoms with E-state index in [1.807, 2.05) is 19.1 Å². The summed E-state index contributed by atoms with van der Waals surface area (Å²) in [7, 11) is 0. The van der Waals surface area contributed by atoms with Gasteiger partial charge in [0.05, 0.1) is 6.10 Å². The molecule has 0 unspecified atom stereocenters. The molecule has 94 valence electrons. The molecule has 1 N–H and O–H groups in total. The lowest BCUT2D eigenvalue weighted by atomic mass is 9.67. The molecule has 0 aliphatic heterocycles. The number of aldehydes is 1. The summed E-state index contributed by atoms with van der Waals surface area (Å²) in [6, 6.07) is 0. The SMILES string of the molecule is CC1=C[C@H](O)CC(C)(C)[C@H]1/C=C/C(C)=C/C=O. The van der Waals surface area contributed by atoms with Gasteiger partial charge in [0, 0.05) is 5.92 Å². The molecular weight excluding hydrogens is 212 g/mol. The third kappa shape index (κ3) is 3.67. The normalized spacial score (nSPS) is 29.2. The van der Waals surface area contributed by atoms with Gasteiger partial charge >= 0.3 is 0 Å². The van der Waals surface area contributed by atoms with Gasteiger partial charge in [0.25, 0.3) is 0 Å². The monoisotopic (exact) mass is 234 g/mol. The summed E-state index contributed by atoms with van der Waals surface area (Å²) in [4.78, 5) is 10.3. The molecule has 1 rings (SSSR count). The van der Waals surface area contributed by atoms with Gasteiger partial charge in [-0.2, -0.15) is 0 Å². The molecule has 0 saturated carbocycles. The summed E-state index contributed by atoms with van der Waals surface area (Å²) in [6.07, 6.45) is 8.84. The van der Waals surface area contributed by atoms with E-state index in [1.54, 1.807) is 6.08 Å². The van der Waals surface area contributed by atoms with E-state index in [0.29, 0.717) is 5.92 Å². The Labute approximate surface area is 104 Å². The summed E-state index contributed by atoms with van der Waals surface area (Å²) in [5.74, 6) is 0.320. The maximum absolute atomic E-state index is 10.3. The van der Waals surface area contributed by atoms with Gasteiger partial charge in [0.1, 0.15) is 6.29 Å². The number of allylic oxidation sites excluding steroid dienone is 5. The number of aliphatic hydroxyl groups is 1. The molecule has 0 aromatic rings. The summed E-state index contributed by atoms with van der Waals surface area (Å²) < 4.78 is 0. The topological polar surface area (TPSA) is 37.3 Å². The first-order chi connectivity index (χ1) is 7.86. The molecule has 1 aliphatic carbocycles. The van der Waals surface area contributed by atoms with Crippen molar-refractivity contribution in [1.82, 2.24) is 0 Å². The Bertz CT molecular complexity index is 372. The fourth-order valence-electron chi connectivity index (χ4n) is 2.57. The molecule has 2 nitrogen and oxygen atoms in total. The van der Waals surface area contributed by atoms with E-state index < -0.39 is 0 Å². The standard InChI is InChI=1S/C15H22O2/c1-11(7-8-16)5-6-14-12(2)9-13(17)10-15(14,3)4/h5-9,13-14,17H,10H2,1-4H3/b6-5+,11-7+/t13-,14-/m0/s1. The zero-order chi connectivity index (χ0) is 13.1. The van der Waals surface area contributed by atoms with Gasteiger partial charge < -0.3 is 5.11 Å². The second-order valence-corrected chi connectivity index (χ2v) is 5.55. The van der Waals surface area contributed by atoms with Crippen molar-refractivity contribution in [2.24, 2.45) is 11.3 Å². The van der Waals surface area contributed by atoms with Crippen molar-refractivity contribution in [2.75, 3.05) is 0 Å². The molecule has 0 saturated heterocycles. The van der Waals surface area contributed by atoms with Crippen LogP contribution in [0, 0.1) is 11.3 Å². The van der Waals surface area contributed by atoms with Gasteiger partial charge in [-0.05, 0) is 37.3 Å². The minimum atomic E-state index is -0.332. The van der Waals surface area contributed by atoms with E-state index >= 15 is 0 Å². The van der Waals surface area contributed by atoms with Crippen LogP contribution in [0.4, 0.5) is 0 Å². The average molecular weight is 234 g/mol. The van der Waals surface area contributed by atoms with Crippen molar-refractivity contribution in [3.8, 4) is 0 Å². The highest BCUT2D eigenvalue weighted by Crippen LogP contribution is 2.41. The summed E-state index contributed by atoms with van der Waals surface area (Å²) >= 11 is 0. The Kier molecular flexibility index (Phi) is 4.47. The Morgan fingerprint density at radius 1 is 1.53 bits per heavy atom. The Morgan fingerprint density at radius 3 is 2.71 bits per heavy atom. The van der Waals surface area contributed by atoms with Crippen LogP contribution in [0.15, 0.2) is 35.5 Å². The second-order valence-electron chi connectivity index (χ2n) is 5.55. The third-order valence-corrected chi connectivity index (χ3v) is 3.41. The minimum absolute atomic E-state index is 0.0518.